The van der Waals surface area contributed by atoms with Crippen LogP contribution in [0.2, 0.25) is 0 Å². The number of benzene rings is 1. The SMILES string of the molecule is CC(C)CCCNc1ccc(S(=O)(=O)C(F)F)cc1. The van der Waals surface area contributed by atoms with E-state index in [4.69, 9.17) is 0 Å². The number of anilines is 1. The van der Waals surface area contributed by atoms with Crippen LogP contribution in [0.1, 0.15) is 26.7 Å². The van der Waals surface area contributed by atoms with Crippen molar-refractivity contribution in [3.63, 3.8) is 0 Å². The number of hydrogen-bond donors (Lipinski definition) is 1. The summed E-state index contributed by atoms with van der Waals surface area (Å²) in [7, 11) is -4.49. The zero-order valence-electron chi connectivity index (χ0n) is 11.1. The summed E-state index contributed by atoms with van der Waals surface area (Å²) in [5.41, 5.74) is 0.733. The number of hydrogen-bond acceptors (Lipinski definition) is 3. The van der Waals surface area contributed by atoms with Gasteiger partial charge >= 0.3 is 5.76 Å². The van der Waals surface area contributed by atoms with E-state index in [9.17, 15) is 17.2 Å². The van der Waals surface area contributed by atoms with Crippen LogP contribution in [0.4, 0.5) is 14.5 Å². The highest BCUT2D eigenvalue weighted by Crippen LogP contribution is 2.20. The van der Waals surface area contributed by atoms with Crippen LogP contribution in [0.15, 0.2) is 29.2 Å². The van der Waals surface area contributed by atoms with E-state index in [2.05, 4.69) is 19.2 Å². The Morgan fingerprint density at radius 1 is 1.16 bits per heavy atom. The van der Waals surface area contributed by atoms with Crippen LogP contribution in [-0.2, 0) is 9.84 Å². The Hall–Kier alpha value is -1.17. The average molecular weight is 291 g/mol. The van der Waals surface area contributed by atoms with Crippen molar-refractivity contribution in [2.24, 2.45) is 5.92 Å². The minimum atomic E-state index is -4.49. The predicted molar refractivity (Wildman–Crippen MR) is 72.2 cm³/mol. The Morgan fingerprint density at radius 3 is 2.21 bits per heavy atom. The molecule has 3 nitrogen and oxygen atoms in total. The molecule has 0 bridgehead atoms. The molecular weight excluding hydrogens is 272 g/mol. The van der Waals surface area contributed by atoms with E-state index >= 15 is 0 Å². The summed E-state index contributed by atoms with van der Waals surface area (Å²) in [6.45, 7) is 5.06. The van der Waals surface area contributed by atoms with Gasteiger partial charge in [0.1, 0.15) is 0 Å². The maximum atomic E-state index is 12.3. The number of nitrogens with one attached hydrogen (secondary N) is 1. The molecule has 0 amide bonds. The molecule has 0 aromatic heterocycles. The zero-order chi connectivity index (χ0) is 14.5. The van der Waals surface area contributed by atoms with Crippen molar-refractivity contribution in [1.29, 1.82) is 0 Å². The zero-order valence-corrected chi connectivity index (χ0v) is 11.9. The molecule has 108 valence electrons. The van der Waals surface area contributed by atoms with Crippen LogP contribution >= 0.6 is 0 Å². The second kappa shape index (κ2) is 6.84. The van der Waals surface area contributed by atoms with Crippen molar-refractivity contribution in [3.05, 3.63) is 24.3 Å². The van der Waals surface area contributed by atoms with Crippen LogP contribution in [0.25, 0.3) is 0 Å². The van der Waals surface area contributed by atoms with E-state index < -0.39 is 15.6 Å². The normalized spacial score (nSPS) is 12.1. The molecule has 0 spiro atoms. The molecule has 19 heavy (non-hydrogen) atoms. The fourth-order valence-electron chi connectivity index (χ4n) is 1.61. The van der Waals surface area contributed by atoms with Crippen LogP contribution < -0.4 is 5.32 Å². The Bertz CT molecular complexity index is 484. The van der Waals surface area contributed by atoms with Gasteiger partial charge in [-0.1, -0.05) is 13.8 Å². The molecule has 0 saturated heterocycles. The first-order valence-electron chi connectivity index (χ1n) is 6.20. The molecule has 0 radical (unpaired) electrons. The van der Waals surface area contributed by atoms with Crippen molar-refractivity contribution >= 4 is 15.5 Å². The van der Waals surface area contributed by atoms with Gasteiger partial charge in [0.05, 0.1) is 4.90 Å². The quantitative estimate of drug-likeness (QED) is 0.782. The Balaban J connectivity index is 2.58. The van der Waals surface area contributed by atoms with Crippen molar-refractivity contribution in [1.82, 2.24) is 0 Å². The van der Waals surface area contributed by atoms with E-state index in [1.165, 1.54) is 24.3 Å². The molecule has 1 N–H and O–H groups in total. The summed E-state index contributed by atoms with van der Waals surface area (Å²) in [6.07, 6.45) is 2.11. The van der Waals surface area contributed by atoms with Crippen LogP contribution in [-0.4, -0.2) is 20.7 Å². The third kappa shape index (κ3) is 4.78. The van der Waals surface area contributed by atoms with E-state index in [-0.39, 0.29) is 4.90 Å². The molecule has 6 heteroatoms. The molecule has 1 aromatic rings. The first-order chi connectivity index (χ1) is 8.84. The van der Waals surface area contributed by atoms with Crippen molar-refractivity contribution in [3.8, 4) is 0 Å². The molecule has 0 heterocycles. The second-order valence-corrected chi connectivity index (χ2v) is 6.71. The molecular formula is C13H19F2NO2S. The number of alkyl halides is 2. The van der Waals surface area contributed by atoms with Gasteiger partial charge in [-0.25, -0.2) is 8.42 Å². The van der Waals surface area contributed by atoms with Gasteiger partial charge in [0, 0.05) is 12.2 Å². The first-order valence-corrected chi connectivity index (χ1v) is 7.74. The monoisotopic (exact) mass is 291 g/mol. The van der Waals surface area contributed by atoms with E-state index in [1.54, 1.807) is 0 Å². The van der Waals surface area contributed by atoms with Crippen LogP contribution in [0, 0.1) is 5.92 Å². The average Bonchev–Trinajstić information content (AvgIpc) is 2.35. The molecule has 0 unspecified atom stereocenters. The molecule has 0 aliphatic heterocycles. The molecule has 0 atom stereocenters. The van der Waals surface area contributed by atoms with Gasteiger partial charge in [-0.05, 0) is 43.0 Å². The molecule has 1 rings (SSSR count). The Labute approximate surface area is 112 Å². The molecule has 0 fully saturated rings. The van der Waals surface area contributed by atoms with E-state index in [1.807, 2.05) is 0 Å². The van der Waals surface area contributed by atoms with Gasteiger partial charge in [0.15, 0.2) is 0 Å². The highest BCUT2D eigenvalue weighted by atomic mass is 32.2. The lowest BCUT2D eigenvalue weighted by Crippen LogP contribution is -2.11. The first kappa shape index (κ1) is 15.9. The number of sulfone groups is 1. The van der Waals surface area contributed by atoms with Crippen molar-refractivity contribution in [2.45, 2.75) is 37.3 Å². The summed E-state index contributed by atoms with van der Waals surface area (Å²) in [5, 5.41) is 3.13. The molecule has 0 aliphatic carbocycles. The smallest absolute Gasteiger partial charge is 0.341 e. The van der Waals surface area contributed by atoms with Crippen molar-refractivity contribution < 1.29 is 17.2 Å². The minimum Gasteiger partial charge on any atom is -0.385 e. The summed E-state index contributed by atoms with van der Waals surface area (Å²) >= 11 is 0. The molecule has 0 aliphatic rings. The number of halogens is 2. The van der Waals surface area contributed by atoms with Crippen molar-refractivity contribution in [2.75, 3.05) is 11.9 Å². The van der Waals surface area contributed by atoms with Gasteiger partial charge in [0.25, 0.3) is 0 Å². The fourth-order valence-corrected chi connectivity index (χ4v) is 2.33. The lowest BCUT2D eigenvalue weighted by molar-refractivity contribution is 0.234. The predicted octanol–water partition coefficient (Wildman–Crippen LogP) is 3.53. The summed E-state index contributed by atoms with van der Waals surface area (Å²) in [5.74, 6) is -2.74. The Morgan fingerprint density at radius 2 is 1.74 bits per heavy atom. The van der Waals surface area contributed by atoms with E-state index in [0.29, 0.717) is 5.92 Å². The maximum Gasteiger partial charge on any atom is 0.341 e. The highest BCUT2D eigenvalue weighted by molar-refractivity contribution is 7.91. The maximum absolute atomic E-state index is 12.3. The van der Waals surface area contributed by atoms with E-state index in [0.717, 1.165) is 25.1 Å². The van der Waals surface area contributed by atoms with Gasteiger partial charge in [-0.2, -0.15) is 8.78 Å². The third-order valence-corrected chi connectivity index (χ3v) is 4.10. The lowest BCUT2D eigenvalue weighted by atomic mass is 10.1. The lowest BCUT2D eigenvalue weighted by Gasteiger charge is -2.09. The largest absolute Gasteiger partial charge is 0.385 e. The van der Waals surface area contributed by atoms with Crippen LogP contribution in [0.3, 0.4) is 0 Å². The summed E-state index contributed by atoms with van der Waals surface area (Å²) in [4.78, 5) is -0.352. The minimum absolute atomic E-state index is 0.352. The van der Waals surface area contributed by atoms with Gasteiger partial charge in [0.2, 0.25) is 9.84 Å². The fraction of sp³-hybridized carbons (Fsp3) is 0.538. The van der Waals surface area contributed by atoms with Gasteiger partial charge in [-0.15, -0.1) is 0 Å². The molecule has 1 aromatic carbocycles. The van der Waals surface area contributed by atoms with Crippen LogP contribution in [0.5, 0.6) is 0 Å². The second-order valence-electron chi connectivity index (χ2n) is 4.79. The highest BCUT2D eigenvalue weighted by Gasteiger charge is 2.26. The summed E-state index contributed by atoms with van der Waals surface area (Å²) in [6, 6.07) is 5.41. The number of rotatable bonds is 7. The van der Waals surface area contributed by atoms with Gasteiger partial charge < -0.3 is 5.32 Å². The topological polar surface area (TPSA) is 46.2 Å². The standard InChI is InChI=1S/C13H19F2NO2S/c1-10(2)4-3-9-16-11-5-7-12(8-6-11)19(17,18)13(14)15/h5-8,10,13,16H,3-4,9H2,1-2H3. The Kier molecular flexibility index (Phi) is 5.72. The summed E-state index contributed by atoms with van der Waals surface area (Å²) < 4.78 is 47.1. The van der Waals surface area contributed by atoms with Gasteiger partial charge in [-0.3, -0.25) is 0 Å². The molecule has 0 saturated carbocycles. The third-order valence-electron chi connectivity index (χ3n) is 2.70.